The predicted molar refractivity (Wildman–Crippen MR) is 179 cm³/mol. The number of hydrogen-bond acceptors (Lipinski definition) is 9. The highest BCUT2D eigenvalue weighted by molar-refractivity contribution is 7.93. The Kier molecular flexibility index (Phi) is 16.8. The number of sulfone groups is 1. The van der Waals surface area contributed by atoms with Gasteiger partial charge in [-0.1, -0.05) is 87.9 Å². The van der Waals surface area contributed by atoms with Gasteiger partial charge in [-0.25, -0.2) is 19.7 Å². The van der Waals surface area contributed by atoms with Crippen LogP contribution in [0.4, 0.5) is 0 Å². The number of hydrazine groups is 1. The molecule has 0 saturated heterocycles. The summed E-state index contributed by atoms with van der Waals surface area (Å²) in [6.45, 7) is 9.62. The fraction of sp³-hybridized carbons (Fsp3) is 0.500. The van der Waals surface area contributed by atoms with Gasteiger partial charge < -0.3 is 5.73 Å². The van der Waals surface area contributed by atoms with Gasteiger partial charge in [0.15, 0.2) is 9.84 Å². The van der Waals surface area contributed by atoms with E-state index in [2.05, 4.69) is 5.43 Å². The number of nitrogens with two attached hydrogens (primary N) is 2. The molecule has 1 unspecified atom stereocenters. The molecule has 0 saturated carbocycles. The summed E-state index contributed by atoms with van der Waals surface area (Å²) in [7, 11) is -8.05. The number of unbranched alkanes of at least 4 members (excludes halogenated alkanes) is 1. The standard InChI is InChI=1S/C25H42N4O5S.C7H8O3S/c1-18(2)16-21(23(30)28-27)22(24(31)29-32)25(17-19(3)4,35(33,34)15-9-8-14-26)13-12-20-10-6-5-7-11-20;1-6-2-4-7(5-3-6)11(8,9)10/h5-7,10-13,18-19,21-22,32H,8-9,14-17,26-27H2,1-4H3,(H,28,30)(H,29,31);2-5H,1H3,(H,8,9,10)/b13-12+;/t21-,22+,25?;/m1./s1. The number of nitrogens with one attached hydrogen (secondary N) is 2. The monoisotopic (exact) mass is 682 g/mol. The first-order chi connectivity index (χ1) is 21.4. The zero-order valence-electron chi connectivity index (χ0n) is 27.2. The Balaban J connectivity index is 0.000000804. The molecule has 258 valence electrons. The van der Waals surface area contributed by atoms with E-state index in [-0.39, 0.29) is 35.3 Å². The highest BCUT2D eigenvalue weighted by Gasteiger charge is 2.55. The predicted octanol–water partition coefficient (Wildman–Crippen LogP) is 3.65. The SMILES string of the molecule is CC(C)C[C@@H](C(=O)NN)[C@@H](C(=O)NO)C(/C=C/c1ccccc1)(CC(C)C)S(=O)(=O)CCCCN.Cc1ccc(S(=O)(=O)O)cc1. The summed E-state index contributed by atoms with van der Waals surface area (Å²) in [6.07, 6.45) is 4.24. The first-order valence-electron chi connectivity index (χ1n) is 15.1. The quantitative estimate of drug-likeness (QED) is 0.0377. The molecule has 0 bridgehead atoms. The Morgan fingerprint density at radius 3 is 1.96 bits per heavy atom. The van der Waals surface area contributed by atoms with Crippen LogP contribution in [0.5, 0.6) is 0 Å². The van der Waals surface area contributed by atoms with Crippen LogP contribution in [0.1, 0.15) is 64.5 Å². The molecule has 0 fully saturated rings. The van der Waals surface area contributed by atoms with Crippen molar-refractivity contribution in [3.05, 3.63) is 71.8 Å². The van der Waals surface area contributed by atoms with Crippen LogP contribution in [-0.4, -0.2) is 55.5 Å². The first-order valence-corrected chi connectivity index (χ1v) is 18.2. The summed E-state index contributed by atoms with van der Waals surface area (Å²) in [5.74, 6) is 0.905. The van der Waals surface area contributed by atoms with Crippen LogP contribution < -0.4 is 22.5 Å². The Hall–Kier alpha value is -3.14. The van der Waals surface area contributed by atoms with E-state index >= 15 is 0 Å². The van der Waals surface area contributed by atoms with Gasteiger partial charge in [-0.2, -0.15) is 8.42 Å². The third-order valence-corrected chi connectivity index (χ3v) is 10.8. The fourth-order valence-corrected chi connectivity index (χ4v) is 8.29. The summed E-state index contributed by atoms with van der Waals surface area (Å²) < 4.78 is 56.0. The van der Waals surface area contributed by atoms with Crippen LogP contribution >= 0.6 is 0 Å². The van der Waals surface area contributed by atoms with Crippen molar-refractivity contribution < 1.29 is 36.2 Å². The lowest BCUT2D eigenvalue weighted by Gasteiger charge is -2.41. The smallest absolute Gasteiger partial charge is 0.294 e. The molecule has 0 radical (unpaired) electrons. The summed E-state index contributed by atoms with van der Waals surface area (Å²) in [4.78, 5) is 26.2. The van der Waals surface area contributed by atoms with Crippen LogP contribution in [0.3, 0.4) is 0 Å². The van der Waals surface area contributed by atoms with E-state index in [0.717, 1.165) is 11.1 Å². The molecule has 0 aliphatic rings. The van der Waals surface area contributed by atoms with Crippen molar-refractivity contribution >= 4 is 37.8 Å². The lowest BCUT2D eigenvalue weighted by molar-refractivity contribution is -0.142. The third-order valence-electron chi connectivity index (χ3n) is 7.38. The molecule has 12 nitrogen and oxygen atoms in total. The van der Waals surface area contributed by atoms with E-state index in [1.807, 2.05) is 65.0 Å². The second kappa shape index (κ2) is 18.9. The topological polar surface area (TPSA) is 219 Å². The van der Waals surface area contributed by atoms with E-state index in [1.165, 1.54) is 18.2 Å². The van der Waals surface area contributed by atoms with Crippen LogP contribution in [0.25, 0.3) is 6.08 Å². The minimum absolute atomic E-state index is 0.0545. The number of carbonyl (C=O) groups is 2. The lowest BCUT2D eigenvalue weighted by atomic mass is 9.72. The molecule has 46 heavy (non-hydrogen) atoms. The maximum Gasteiger partial charge on any atom is 0.294 e. The van der Waals surface area contributed by atoms with Gasteiger partial charge in [-0.3, -0.25) is 24.8 Å². The van der Waals surface area contributed by atoms with Gasteiger partial charge in [0, 0.05) is 0 Å². The van der Waals surface area contributed by atoms with Crippen LogP contribution in [0, 0.1) is 30.6 Å². The van der Waals surface area contributed by atoms with E-state index in [0.29, 0.717) is 19.4 Å². The average molecular weight is 683 g/mol. The van der Waals surface area contributed by atoms with Crippen LogP contribution in [0.15, 0.2) is 65.6 Å². The molecule has 14 heteroatoms. The van der Waals surface area contributed by atoms with Gasteiger partial charge in [0.05, 0.1) is 22.5 Å². The van der Waals surface area contributed by atoms with Gasteiger partial charge in [-0.15, -0.1) is 0 Å². The molecule has 2 amide bonds. The van der Waals surface area contributed by atoms with Crippen molar-refractivity contribution in [1.29, 1.82) is 0 Å². The van der Waals surface area contributed by atoms with Crippen LogP contribution in [0.2, 0.25) is 0 Å². The number of aryl methyl sites for hydroxylation is 1. The summed E-state index contributed by atoms with van der Waals surface area (Å²) in [6, 6.07) is 15.1. The molecular formula is C32H50N4O8S2. The fourth-order valence-electron chi connectivity index (χ4n) is 5.32. The number of amides is 2. The molecule has 8 N–H and O–H groups in total. The van der Waals surface area contributed by atoms with Gasteiger partial charge in [0.25, 0.3) is 10.1 Å². The van der Waals surface area contributed by atoms with E-state index in [9.17, 15) is 31.6 Å². The van der Waals surface area contributed by atoms with Gasteiger partial charge in [-0.05, 0) is 68.7 Å². The minimum Gasteiger partial charge on any atom is -0.330 e. The van der Waals surface area contributed by atoms with Crippen molar-refractivity contribution in [2.75, 3.05) is 12.3 Å². The third kappa shape index (κ3) is 12.2. The van der Waals surface area contributed by atoms with Crippen molar-refractivity contribution in [2.24, 2.45) is 35.2 Å². The zero-order chi connectivity index (χ0) is 35.1. The Morgan fingerprint density at radius 1 is 0.913 bits per heavy atom. The van der Waals surface area contributed by atoms with E-state index < -0.39 is 48.4 Å². The van der Waals surface area contributed by atoms with Crippen molar-refractivity contribution in [1.82, 2.24) is 10.9 Å². The first kappa shape index (κ1) is 40.9. The van der Waals surface area contributed by atoms with Gasteiger partial charge in [0.2, 0.25) is 11.8 Å². The number of rotatable bonds is 16. The number of carbonyl (C=O) groups excluding carboxylic acids is 2. The van der Waals surface area contributed by atoms with Crippen molar-refractivity contribution in [3.8, 4) is 0 Å². The highest BCUT2D eigenvalue weighted by atomic mass is 32.2. The van der Waals surface area contributed by atoms with Crippen molar-refractivity contribution in [3.63, 3.8) is 0 Å². The van der Waals surface area contributed by atoms with Gasteiger partial charge in [0.1, 0.15) is 4.75 Å². The van der Waals surface area contributed by atoms with Crippen LogP contribution in [-0.2, 0) is 29.5 Å². The minimum atomic E-state index is -4.03. The Bertz CT molecular complexity index is 1480. The summed E-state index contributed by atoms with van der Waals surface area (Å²) in [5, 5.41) is 9.71. The number of hydrogen-bond donors (Lipinski definition) is 6. The number of benzene rings is 2. The van der Waals surface area contributed by atoms with Crippen molar-refractivity contribution in [2.45, 2.75) is 69.9 Å². The Labute approximate surface area is 273 Å². The molecule has 0 heterocycles. The maximum atomic E-state index is 14.1. The largest absolute Gasteiger partial charge is 0.330 e. The zero-order valence-corrected chi connectivity index (χ0v) is 28.9. The molecule has 0 aromatic heterocycles. The maximum absolute atomic E-state index is 14.1. The van der Waals surface area contributed by atoms with Gasteiger partial charge >= 0.3 is 0 Å². The highest BCUT2D eigenvalue weighted by Crippen LogP contribution is 2.43. The number of hydroxylamine groups is 1. The molecule has 0 aliphatic heterocycles. The molecular weight excluding hydrogens is 633 g/mol. The summed E-state index contributed by atoms with van der Waals surface area (Å²) in [5.41, 5.74) is 11.0. The molecule has 3 atom stereocenters. The molecule has 2 rings (SSSR count). The van der Waals surface area contributed by atoms with E-state index in [1.54, 1.807) is 23.7 Å². The second-order valence-corrected chi connectivity index (χ2v) is 15.9. The summed E-state index contributed by atoms with van der Waals surface area (Å²) >= 11 is 0. The Morgan fingerprint density at radius 2 is 1.50 bits per heavy atom. The average Bonchev–Trinajstić information content (AvgIpc) is 2.99. The molecule has 0 aliphatic carbocycles. The molecule has 2 aromatic rings. The lowest BCUT2D eigenvalue weighted by Crippen LogP contribution is -2.58. The normalized spacial score (nSPS) is 14.7. The second-order valence-electron chi connectivity index (χ2n) is 12.1. The molecule has 2 aromatic carbocycles. The van der Waals surface area contributed by atoms with E-state index in [4.69, 9.17) is 16.1 Å². The molecule has 0 spiro atoms.